The van der Waals surface area contributed by atoms with Gasteiger partial charge in [-0.15, -0.1) is 0 Å². The Balaban J connectivity index is 1.95. The van der Waals surface area contributed by atoms with Crippen LogP contribution >= 0.6 is 0 Å². The summed E-state index contributed by atoms with van der Waals surface area (Å²) in [6, 6.07) is 14.6. The normalized spacial score (nSPS) is 15.4. The van der Waals surface area contributed by atoms with Gasteiger partial charge in [0.25, 0.3) is 0 Å². The third-order valence-electron chi connectivity index (χ3n) is 4.79. The molecule has 0 radical (unpaired) electrons. The van der Waals surface area contributed by atoms with Crippen molar-refractivity contribution in [3.8, 4) is 11.8 Å². The highest BCUT2D eigenvalue weighted by molar-refractivity contribution is 6.04. The predicted octanol–water partition coefficient (Wildman–Crippen LogP) is 3.66. The number of hydrogen-bond donors (Lipinski definition) is 2. The number of rotatable bonds is 3. The number of carboxylic acid groups (broad SMARTS) is 1. The fraction of sp³-hybridized carbons (Fsp3) is 0.0952. The summed E-state index contributed by atoms with van der Waals surface area (Å²) in [5.41, 5.74) is 2.41. The Morgan fingerprint density at radius 3 is 2.64 bits per heavy atom. The first kappa shape index (κ1) is 17.5. The highest BCUT2D eigenvalue weighted by Gasteiger charge is 2.34. The van der Waals surface area contributed by atoms with Gasteiger partial charge in [-0.3, -0.25) is 4.79 Å². The Kier molecular flexibility index (Phi) is 4.17. The lowest BCUT2D eigenvalue weighted by atomic mass is 9.88. The topological polar surface area (TPSA) is 95.1 Å². The van der Waals surface area contributed by atoms with Crippen LogP contribution in [0.15, 0.2) is 54.7 Å². The number of nitrogens with zero attached hydrogens (tertiary/aromatic N) is 2. The molecular weight excluding hydrogens is 361 g/mol. The molecule has 28 heavy (non-hydrogen) atoms. The number of halogens is 1. The average Bonchev–Trinajstić information content (AvgIpc) is 3.07. The van der Waals surface area contributed by atoms with E-state index in [2.05, 4.69) is 5.32 Å². The summed E-state index contributed by atoms with van der Waals surface area (Å²) in [5, 5.41) is 21.2. The van der Waals surface area contributed by atoms with Gasteiger partial charge in [-0.05, 0) is 35.9 Å². The lowest BCUT2D eigenvalue weighted by molar-refractivity contribution is -0.116. The van der Waals surface area contributed by atoms with Gasteiger partial charge in [0, 0.05) is 24.2 Å². The van der Waals surface area contributed by atoms with Crippen LogP contribution in [0.5, 0.6) is 0 Å². The molecule has 0 fully saturated rings. The Labute approximate surface area is 159 Å². The van der Waals surface area contributed by atoms with Crippen molar-refractivity contribution in [3.05, 3.63) is 82.9 Å². The lowest BCUT2D eigenvalue weighted by Gasteiger charge is -2.26. The number of carbonyl (C=O) groups excluding carboxylic acids is 1. The Bertz CT molecular complexity index is 1140. The highest BCUT2D eigenvalue weighted by atomic mass is 19.1. The fourth-order valence-electron chi connectivity index (χ4n) is 3.54. The molecule has 2 aromatic carbocycles. The van der Waals surface area contributed by atoms with Crippen molar-refractivity contribution < 1.29 is 19.1 Å². The second-order valence-corrected chi connectivity index (χ2v) is 6.50. The zero-order valence-electron chi connectivity index (χ0n) is 14.5. The summed E-state index contributed by atoms with van der Waals surface area (Å²) < 4.78 is 15.4. The number of fused-ring (bicyclic) bond motifs is 1. The summed E-state index contributed by atoms with van der Waals surface area (Å²) >= 11 is 0. The number of carbonyl (C=O) groups is 2. The molecule has 0 aliphatic carbocycles. The number of benzene rings is 2. The monoisotopic (exact) mass is 375 g/mol. The van der Waals surface area contributed by atoms with Crippen molar-refractivity contribution in [3.63, 3.8) is 0 Å². The molecule has 7 heteroatoms. The maximum atomic E-state index is 13.8. The van der Waals surface area contributed by atoms with Crippen molar-refractivity contribution in [2.24, 2.45) is 0 Å². The number of nitrogens with one attached hydrogen (secondary N) is 1. The first-order valence-electron chi connectivity index (χ1n) is 8.52. The SMILES string of the molecule is N#Cc1ccc([C@@H]2CC(=O)Nc3c(C(=O)O)cn(-c4cccc(F)c4)c32)cc1. The summed E-state index contributed by atoms with van der Waals surface area (Å²) in [6.07, 6.45) is 1.50. The van der Waals surface area contributed by atoms with E-state index in [0.717, 1.165) is 5.56 Å². The maximum absolute atomic E-state index is 13.8. The van der Waals surface area contributed by atoms with Crippen LogP contribution in [0.25, 0.3) is 5.69 Å². The van der Waals surface area contributed by atoms with Crippen LogP contribution in [-0.2, 0) is 4.79 Å². The van der Waals surface area contributed by atoms with Crippen LogP contribution in [0.3, 0.4) is 0 Å². The molecule has 3 aromatic rings. The van der Waals surface area contributed by atoms with Crippen LogP contribution < -0.4 is 5.32 Å². The van der Waals surface area contributed by atoms with Crippen LogP contribution in [-0.4, -0.2) is 21.6 Å². The van der Waals surface area contributed by atoms with Gasteiger partial charge < -0.3 is 15.0 Å². The van der Waals surface area contributed by atoms with E-state index in [1.165, 1.54) is 24.4 Å². The van der Waals surface area contributed by atoms with Crippen LogP contribution in [0.2, 0.25) is 0 Å². The van der Waals surface area contributed by atoms with Crippen LogP contribution in [0.4, 0.5) is 10.1 Å². The quantitative estimate of drug-likeness (QED) is 0.730. The molecule has 6 nitrogen and oxygen atoms in total. The predicted molar refractivity (Wildman–Crippen MR) is 98.9 cm³/mol. The number of anilines is 1. The van der Waals surface area contributed by atoms with Crippen molar-refractivity contribution in [1.29, 1.82) is 5.26 Å². The maximum Gasteiger partial charge on any atom is 0.339 e. The van der Waals surface area contributed by atoms with Gasteiger partial charge in [-0.1, -0.05) is 18.2 Å². The minimum Gasteiger partial charge on any atom is -0.478 e. The van der Waals surface area contributed by atoms with Gasteiger partial charge >= 0.3 is 5.97 Å². The molecule has 1 amide bonds. The van der Waals surface area contributed by atoms with E-state index in [-0.39, 0.29) is 23.6 Å². The summed E-state index contributed by atoms with van der Waals surface area (Å²) in [4.78, 5) is 24.0. The minimum absolute atomic E-state index is 0.0639. The lowest BCUT2D eigenvalue weighted by Crippen LogP contribution is -2.25. The molecule has 138 valence electrons. The van der Waals surface area contributed by atoms with E-state index in [4.69, 9.17) is 5.26 Å². The smallest absolute Gasteiger partial charge is 0.339 e. The van der Waals surface area contributed by atoms with Gasteiger partial charge in [-0.25, -0.2) is 9.18 Å². The highest BCUT2D eigenvalue weighted by Crippen LogP contribution is 2.41. The summed E-state index contributed by atoms with van der Waals surface area (Å²) in [6.45, 7) is 0. The van der Waals surface area contributed by atoms with Gasteiger partial charge in [-0.2, -0.15) is 5.26 Å². The fourth-order valence-corrected chi connectivity index (χ4v) is 3.54. The Hall–Kier alpha value is -3.92. The molecule has 4 rings (SSSR count). The van der Waals surface area contributed by atoms with E-state index >= 15 is 0 Å². The largest absolute Gasteiger partial charge is 0.478 e. The molecule has 0 saturated heterocycles. The Morgan fingerprint density at radius 1 is 1.25 bits per heavy atom. The number of nitriles is 1. The molecule has 1 aliphatic heterocycles. The molecule has 0 unspecified atom stereocenters. The zero-order chi connectivity index (χ0) is 19.8. The van der Waals surface area contributed by atoms with Crippen LogP contribution in [0, 0.1) is 17.1 Å². The molecule has 1 aromatic heterocycles. The molecule has 2 N–H and O–H groups in total. The van der Waals surface area contributed by atoms with Crippen LogP contribution in [0.1, 0.15) is 39.5 Å². The third kappa shape index (κ3) is 2.91. The molecule has 0 spiro atoms. The van der Waals surface area contributed by atoms with Gasteiger partial charge in [0.1, 0.15) is 11.4 Å². The first-order valence-corrected chi connectivity index (χ1v) is 8.52. The number of amides is 1. The molecule has 1 aliphatic rings. The van der Waals surface area contributed by atoms with Crippen molar-refractivity contribution in [1.82, 2.24) is 4.57 Å². The van der Waals surface area contributed by atoms with Crippen molar-refractivity contribution >= 4 is 17.6 Å². The number of carboxylic acids is 1. The Morgan fingerprint density at radius 2 is 2.00 bits per heavy atom. The third-order valence-corrected chi connectivity index (χ3v) is 4.79. The van der Waals surface area contributed by atoms with E-state index in [9.17, 15) is 19.1 Å². The van der Waals surface area contributed by atoms with Gasteiger partial charge in [0.05, 0.1) is 23.0 Å². The van der Waals surface area contributed by atoms with Crippen molar-refractivity contribution in [2.45, 2.75) is 12.3 Å². The minimum atomic E-state index is -1.19. The molecule has 1 atom stereocenters. The number of aromatic carboxylic acids is 1. The van der Waals surface area contributed by atoms with E-state index in [1.807, 2.05) is 6.07 Å². The number of aromatic nitrogens is 1. The van der Waals surface area contributed by atoms with Gasteiger partial charge in [0.2, 0.25) is 5.91 Å². The molecular formula is C21H14FN3O3. The number of hydrogen-bond acceptors (Lipinski definition) is 3. The second kappa shape index (κ2) is 6.67. The second-order valence-electron chi connectivity index (χ2n) is 6.50. The van der Waals surface area contributed by atoms with Gasteiger partial charge in [0.15, 0.2) is 0 Å². The summed E-state index contributed by atoms with van der Waals surface area (Å²) in [5.74, 6) is -2.38. The van der Waals surface area contributed by atoms with Crippen molar-refractivity contribution in [2.75, 3.05) is 5.32 Å². The van der Waals surface area contributed by atoms with E-state index < -0.39 is 17.7 Å². The van der Waals surface area contributed by atoms with E-state index in [0.29, 0.717) is 16.9 Å². The van der Waals surface area contributed by atoms with E-state index in [1.54, 1.807) is 34.9 Å². The summed E-state index contributed by atoms with van der Waals surface area (Å²) in [7, 11) is 0. The molecule has 2 heterocycles. The average molecular weight is 375 g/mol. The molecule has 0 bridgehead atoms. The first-order chi connectivity index (χ1) is 13.5. The zero-order valence-corrected chi connectivity index (χ0v) is 14.5. The standard InChI is InChI=1S/C21H14FN3O3/c22-14-2-1-3-15(8-14)25-11-17(21(27)28)19-20(25)16(9-18(26)24-19)13-6-4-12(10-23)5-7-13/h1-8,11,16H,9H2,(H,24,26)(H,27,28)/t16-/m0/s1. The molecule has 0 saturated carbocycles.